The van der Waals surface area contributed by atoms with Crippen LogP contribution in [0.25, 0.3) is 0 Å². The van der Waals surface area contributed by atoms with E-state index in [1.807, 2.05) is 12.2 Å². The molecule has 6 nitrogen and oxygen atoms in total. The molecule has 0 bridgehead atoms. The van der Waals surface area contributed by atoms with Gasteiger partial charge in [-0.25, -0.2) is 4.79 Å². The Labute approximate surface area is 99.8 Å². The molecule has 1 heterocycles. The number of aromatic nitrogens is 3. The molecule has 0 fully saturated rings. The molecule has 17 heavy (non-hydrogen) atoms. The Balaban J connectivity index is 2.49. The lowest BCUT2D eigenvalue weighted by molar-refractivity contribution is 0.0690. The fourth-order valence-electron chi connectivity index (χ4n) is 1.37. The van der Waals surface area contributed by atoms with Gasteiger partial charge in [-0.05, 0) is 0 Å². The van der Waals surface area contributed by atoms with E-state index in [2.05, 4.69) is 28.4 Å². The summed E-state index contributed by atoms with van der Waals surface area (Å²) in [7, 11) is 0. The smallest absolute Gasteiger partial charge is 0.358 e. The zero-order valence-corrected chi connectivity index (χ0v) is 9.62. The summed E-state index contributed by atoms with van der Waals surface area (Å²) in [4.78, 5) is 12.7. The lowest BCUT2D eigenvalue weighted by Crippen LogP contribution is -2.28. The van der Waals surface area contributed by atoms with E-state index in [1.165, 1.54) is 10.9 Å². The molecule has 0 unspecified atom stereocenters. The minimum atomic E-state index is -1.06. The summed E-state index contributed by atoms with van der Waals surface area (Å²) in [5.41, 5.74) is -0.0380. The Morgan fingerprint density at radius 1 is 1.47 bits per heavy atom. The van der Waals surface area contributed by atoms with Gasteiger partial charge in [0, 0.05) is 19.6 Å². The standard InChI is InChI=1S/C11H16N4O2/c1-3-5-14(6-4-2)7-8-15-9-10(11(16)17)12-13-15/h3-4,9H,1-2,5-8H2,(H,16,17). The van der Waals surface area contributed by atoms with E-state index in [-0.39, 0.29) is 5.69 Å². The predicted octanol–water partition coefficient (Wildman–Crippen LogP) is 0.650. The monoisotopic (exact) mass is 236 g/mol. The highest BCUT2D eigenvalue weighted by molar-refractivity contribution is 5.84. The van der Waals surface area contributed by atoms with Crippen molar-refractivity contribution >= 4 is 5.97 Å². The maximum Gasteiger partial charge on any atom is 0.358 e. The Morgan fingerprint density at radius 3 is 2.59 bits per heavy atom. The second-order valence-corrected chi connectivity index (χ2v) is 3.51. The van der Waals surface area contributed by atoms with E-state index in [4.69, 9.17) is 5.11 Å². The number of carbonyl (C=O) groups is 1. The second kappa shape index (κ2) is 6.59. The third-order valence-corrected chi connectivity index (χ3v) is 2.18. The summed E-state index contributed by atoms with van der Waals surface area (Å²) in [6.07, 6.45) is 5.05. The van der Waals surface area contributed by atoms with Gasteiger partial charge >= 0.3 is 5.97 Å². The summed E-state index contributed by atoms with van der Waals surface area (Å²) in [6.45, 7) is 10.2. The molecule has 1 aromatic rings. The molecule has 1 aromatic heterocycles. The molecule has 0 aliphatic rings. The van der Waals surface area contributed by atoms with Gasteiger partial charge in [-0.1, -0.05) is 17.4 Å². The molecule has 0 aromatic carbocycles. The minimum absolute atomic E-state index is 0.0380. The third kappa shape index (κ3) is 4.20. The van der Waals surface area contributed by atoms with E-state index in [0.717, 1.165) is 19.6 Å². The van der Waals surface area contributed by atoms with Crippen LogP contribution in [0.4, 0.5) is 0 Å². The second-order valence-electron chi connectivity index (χ2n) is 3.51. The van der Waals surface area contributed by atoms with Crippen LogP contribution in [-0.2, 0) is 6.54 Å². The van der Waals surface area contributed by atoms with Gasteiger partial charge in [-0.3, -0.25) is 9.58 Å². The first-order valence-corrected chi connectivity index (χ1v) is 5.25. The number of hydrogen-bond acceptors (Lipinski definition) is 4. The van der Waals surface area contributed by atoms with Crippen molar-refractivity contribution in [2.45, 2.75) is 6.54 Å². The molecule has 0 spiro atoms. The van der Waals surface area contributed by atoms with Crippen molar-refractivity contribution in [3.8, 4) is 0 Å². The first-order chi connectivity index (χ1) is 8.17. The molecule has 0 aliphatic carbocycles. The molecule has 1 N–H and O–H groups in total. The summed E-state index contributed by atoms with van der Waals surface area (Å²) in [5.74, 6) is -1.06. The molecule has 0 atom stereocenters. The molecule has 0 aliphatic heterocycles. The molecule has 0 amide bonds. The van der Waals surface area contributed by atoms with Gasteiger partial charge in [0.25, 0.3) is 0 Å². The molecule has 1 rings (SSSR count). The van der Waals surface area contributed by atoms with Gasteiger partial charge in [0.2, 0.25) is 0 Å². The van der Waals surface area contributed by atoms with Crippen LogP contribution in [0.15, 0.2) is 31.5 Å². The van der Waals surface area contributed by atoms with Crippen LogP contribution in [0.5, 0.6) is 0 Å². The van der Waals surface area contributed by atoms with Crippen LogP contribution in [0.2, 0.25) is 0 Å². The first-order valence-electron chi connectivity index (χ1n) is 5.25. The molecular formula is C11H16N4O2. The number of rotatable bonds is 8. The van der Waals surface area contributed by atoms with Gasteiger partial charge in [-0.15, -0.1) is 18.3 Å². The summed E-state index contributed by atoms with van der Waals surface area (Å²) >= 11 is 0. The quantitative estimate of drug-likeness (QED) is 0.671. The van der Waals surface area contributed by atoms with E-state index >= 15 is 0 Å². The van der Waals surface area contributed by atoms with Gasteiger partial charge < -0.3 is 5.11 Å². The molecular weight excluding hydrogens is 220 g/mol. The normalized spacial score (nSPS) is 10.4. The van der Waals surface area contributed by atoms with Crippen LogP contribution in [0.1, 0.15) is 10.5 Å². The third-order valence-electron chi connectivity index (χ3n) is 2.18. The van der Waals surface area contributed by atoms with E-state index < -0.39 is 5.97 Å². The van der Waals surface area contributed by atoms with Crippen molar-refractivity contribution in [2.24, 2.45) is 0 Å². The Bertz CT molecular complexity index is 390. The number of aromatic carboxylic acids is 1. The van der Waals surface area contributed by atoms with Gasteiger partial charge in [0.15, 0.2) is 5.69 Å². The summed E-state index contributed by atoms with van der Waals surface area (Å²) in [5, 5.41) is 16.0. The van der Waals surface area contributed by atoms with Crippen LogP contribution in [0, 0.1) is 0 Å². The van der Waals surface area contributed by atoms with Crippen molar-refractivity contribution in [1.29, 1.82) is 0 Å². The molecule has 92 valence electrons. The first kappa shape index (κ1) is 13.1. The molecule has 6 heteroatoms. The van der Waals surface area contributed by atoms with Gasteiger partial charge in [0.1, 0.15) is 0 Å². The lowest BCUT2D eigenvalue weighted by Gasteiger charge is -2.17. The number of nitrogens with zero attached hydrogens (tertiary/aromatic N) is 4. The van der Waals surface area contributed by atoms with Crippen molar-refractivity contribution in [3.05, 3.63) is 37.2 Å². The number of carboxylic acids is 1. The van der Waals surface area contributed by atoms with Gasteiger partial charge in [0.05, 0.1) is 12.7 Å². The highest BCUT2D eigenvalue weighted by Gasteiger charge is 2.08. The maximum absolute atomic E-state index is 10.6. The predicted molar refractivity (Wildman–Crippen MR) is 63.8 cm³/mol. The Morgan fingerprint density at radius 2 is 2.12 bits per heavy atom. The fraction of sp³-hybridized carbons (Fsp3) is 0.364. The topological polar surface area (TPSA) is 71.2 Å². The van der Waals surface area contributed by atoms with E-state index in [1.54, 1.807) is 0 Å². The minimum Gasteiger partial charge on any atom is -0.476 e. The number of carboxylic acid groups (broad SMARTS) is 1. The Hall–Kier alpha value is -1.95. The zero-order valence-electron chi connectivity index (χ0n) is 9.62. The largest absolute Gasteiger partial charge is 0.476 e. The Kier molecular flexibility index (Phi) is 5.09. The fourth-order valence-corrected chi connectivity index (χ4v) is 1.37. The van der Waals surface area contributed by atoms with Crippen molar-refractivity contribution in [2.75, 3.05) is 19.6 Å². The molecule has 0 saturated heterocycles. The van der Waals surface area contributed by atoms with Crippen molar-refractivity contribution in [3.63, 3.8) is 0 Å². The van der Waals surface area contributed by atoms with E-state index in [9.17, 15) is 4.79 Å². The molecule has 0 radical (unpaired) electrons. The van der Waals surface area contributed by atoms with Crippen molar-refractivity contribution in [1.82, 2.24) is 19.9 Å². The average molecular weight is 236 g/mol. The molecule has 0 saturated carbocycles. The van der Waals surface area contributed by atoms with Gasteiger partial charge in [-0.2, -0.15) is 0 Å². The zero-order chi connectivity index (χ0) is 12.7. The van der Waals surface area contributed by atoms with Crippen LogP contribution in [-0.4, -0.2) is 50.6 Å². The van der Waals surface area contributed by atoms with E-state index in [0.29, 0.717) is 6.54 Å². The summed E-state index contributed by atoms with van der Waals surface area (Å²) in [6, 6.07) is 0. The SMILES string of the molecule is C=CCN(CC=C)CCn1cc(C(=O)O)nn1. The average Bonchev–Trinajstić information content (AvgIpc) is 2.75. The number of hydrogen-bond donors (Lipinski definition) is 1. The summed E-state index contributed by atoms with van der Waals surface area (Å²) < 4.78 is 1.52. The van der Waals surface area contributed by atoms with Crippen LogP contribution in [0.3, 0.4) is 0 Å². The maximum atomic E-state index is 10.6. The van der Waals surface area contributed by atoms with Crippen LogP contribution >= 0.6 is 0 Å². The highest BCUT2D eigenvalue weighted by Crippen LogP contribution is 1.95. The van der Waals surface area contributed by atoms with Crippen molar-refractivity contribution < 1.29 is 9.90 Å². The van der Waals surface area contributed by atoms with Crippen LogP contribution < -0.4 is 0 Å². The lowest BCUT2D eigenvalue weighted by atomic mass is 10.4. The highest BCUT2D eigenvalue weighted by atomic mass is 16.4.